The van der Waals surface area contributed by atoms with Gasteiger partial charge in [0.15, 0.2) is 0 Å². The van der Waals surface area contributed by atoms with E-state index in [1.165, 1.54) is 0 Å². The Kier molecular flexibility index (Phi) is 4.91. The maximum Gasteiger partial charge on any atom is 0.239 e. The summed E-state index contributed by atoms with van der Waals surface area (Å²) in [5.41, 5.74) is 4.78. The zero-order chi connectivity index (χ0) is 12.9. The average Bonchev–Trinajstić information content (AvgIpc) is 2.75. The van der Waals surface area contributed by atoms with Crippen molar-refractivity contribution < 1.29 is 14.3 Å². The number of amides is 1. The molecule has 0 aliphatic carbocycles. The van der Waals surface area contributed by atoms with Gasteiger partial charge in [-0.15, -0.1) is 0 Å². The smallest absolute Gasteiger partial charge is 0.239 e. The second kappa shape index (κ2) is 5.80. The standard InChI is InChI=1S/C12H24N2O3/c1-4-5-11(2,13)10(15)14-8-12(16-3)6-7-17-9-12/h4-9,13H2,1-3H3,(H,14,15). The highest BCUT2D eigenvalue weighted by molar-refractivity contribution is 5.85. The van der Waals surface area contributed by atoms with Crippen molar-refractivity contribution in [1.29, 1.82) is 0 Å². The Morgan fingerprint density at radius 1 is 1.65 bits per heavy atom. The number of rotatable bonds is 6. The Bertz CT molecular complexity index is 260. The number of nitrogens with one attached hydrogen (secondary N) is 1. The number of nitrogens with two attached hydrogens (primary N) is 1. The fourth-order valence-corrected chi connectivity index (χ4v) is 2.04. The highest BCUT2D eigenvalue weighted by Crippen LogP contribution is 2.21. The number of carbonyl (C=O) groups excluding carboxylic acids is 1. The molecule has 1 aliphatic rings. The third-order valence-corrected chi connectivity index (χ3v) is 3.36. The van der Waals surface area contributed by atoms with Crippen LogP contribution >= 0.6 is 0 Å². The summed E-state index contributed by atoms with van der Waals surface area (Å²) >= 11 is 0. The van der Waals surface area contributed by atoms with Crippen LogP contribution in [0.4, 0.5) is 0 Å². The summed E-state index contributed by atoms with van der Waals surface area (Å²) in [6, 6.07) is 0. The predicted octanol–water partition coefficient (Wildman–Crippen LogP) is 0.426. The molecule has 1 rings (SSSR count). The number of hydrogen-bond acceptors (Lipinski definition) is 4. The summed E-state index contributed by atoms with van der Waals surface area (Å²) in [7, 11) is 1.65. The Hall–Kier alpha value is -0.650. The van der Waals surface area contributed by atoms with E-state index in [1.807, 2.05) is 6.92 Å². The van der Waals surface area contributed by atoms with E-state index < -0.39 is 5.54 Å². The zero-order valence-electron chi connectivity index (χ0n) is 11.0. The number of hydrogen-bond donors (Lipinski definition) is 2. The molecule has 1 fully saturated rings. The fourth-order valence-electron chi connectivity index (χ4n) is 2.04. The Morgan fingerprint density at radius 3 is 2.82 bits per heavy atom. The molecule has 0 aromatic heterocycles. The first-order chi connectivity index (χ1) is 7.96. The predicted molar refractivity (Wildman–Crippen MR) is 65.7 cm³/mol. The first kappa shape index (κ1) is 14.4. The maximum atomic E-state index is 11.9. The number of ether oxygens (including phenoxy) is 2. The van der Waals surface area contributed by atoms with E-state index in [9.17, 15) is 4.79 Å². The molecule has 3 N–H and O–H groups in total. The van der Waals surface area contributed by atoms with E-state index in [4.69, 9.17) is 15.2 Å². The molecule has 1 saturated heterocycles. The average molecular weight is 244 g/mol. The number of carbonyl (C=O) groups is 1. The van der Waals surface area contributed by atoms with Crippen molar-refractivity contribution in [3.8, 4) is 0 Å². The minimum atomic E-state index is -0.802. The first-order valence-corrected chi connectivity index (χ1v) is 6.16. The van der Waals surface area contributed by atoms with Gasteiger partial charge in [-0.25, -0.2) is 0 Å². The van der Waals surface area contributed by atoms with Gasteiger partial charge in [-0.05, 0) is 13.3 Å². The van der Waals surface area contributed by atoms with E-state index in [1.54, 1.807) is 14.0 Å². The molecule has 1 aliphatic heterocycles. The van der Waals surface area contributed by atoms with Gasteiger partial charge in [0.05, 0.1) is 12.1 Å². The summed E-state index contributed by atoms with van der Waals surface area (Å²) in [5, 5.41) is 2.87. The summed E-state index contributed by atoms with van der Waals surface area (Å²) in [6.07, 6.45) is 2.37. The fraction of sp³-hybridized carbons (Fsp3) is 0.917. The van der Waals surface area contributed by atoms with E-state index in [2.05, 4.69) is 5.32 Å². The minimum absolute atomic E-state index is 0.123. The zero-order valence-corrected chi connectivity index (χ0v) is 11.0. The van der Waals surface area contributed by atoms with Crippen LogP contribution in [0.5, 0.6) is 0 Å². The molecule has 1 heterocycles. The molecular formula is C12H24N2O3. The van der Waals surface area contributed by atoms with Crippen molar-refractivity contribution in [2.75, 3.05) is 26.9 Å². The third-order valence-electron chi connectivity index (χ3n) is 3.36. The van der Waals surface area contributed by atoms with Crippen molar-refractivity contribution in [2.45, 2.75) is 44.2 Å². The van der Waals surface area contributed by atoms with Crippen LogP contribution in [-0.2, 0) is 14.3 Å². The summed E-state index contributed by atoms with van der Waals surface area (Å²) in [4.78, 5) is 11.9. The topological polar surface area (TPSA) is 73.6 Å². The van der Waals surface area contributed by atoms with Crippen LogP contribution in [0.15, 0.2) is 0 Å². The molecule has 100 valence electrons. The second-order valence-corrected chi connectivity index (χ2v) is 5.04. The van der Waals surface area contributed by atoms with Crippen LogP contribution in [0.1, 0.15) is 33.1 Å². The summed E-state index contributed by atoms with van der Waals surface area (Å²) in [6.45, 7) is 5.44. The van der Waals surface area contributed by atoms with Crippen molar-refractivity contribution in [3.63, 3.8) is 0 Å². The maximum absolute atomic E-state index is 11.9. The molecule has 5 heteroatoms. The highest BCUT2D eigenvalue weighted by atomic mass is 16.5. The molecule has 17 heavy (non-hydrogen) atoms. The minimum Gasteiger partial charge on any atom is -0.378 e. The highest BCUT2D eigenvalue weighted by Gasteiger charge is 2.37. The van der Waals surface area contributed by atoms with Gasteiger partial charge >= 0.3 is 0 Å². The van der Waals surface area contributed by atoms with Crippen molar-refractivity contribution >= 4 is 5.91 Å². The van der Waals surface area contributed by atoms with Gasteiger partial charge in [-0.3, -0.25) is 4.79 Å². The van der Waals surface area contributed by atoms with Crippen LogP contribution in [0.3, 0.4) is 0 Å². The summed E-state index contributed by atoms with van der Waals surface area (Å²) in [5.74, 6) is -0.123. The van der Waals surface area contributed by atoms with E-state index in [0.717, 1.165) is 12.8 Å². The van der Waals surface area contributed by atoms with Crippen LogP contribution in [-0.4, -0.2) is 43.9 Å². The Morgan fingerprint density at radius 2 is 2.35 bits per heavy atom. The molecule has 2 atom stereocenters. The Labute approximate surface area is 103 Å². The molecule has 5 nitrogen and oxygen atoms in total. The van der Waals surface area contributed by atoms with Gasteiger partial charge in [0, 0.05) is 26.7 Å². The van der Waals surface area contributed by atoms with Crippen LogP contribution in [0.25, 0.3) is 0 Å². The van der Waals surface area contributed by atoms with Crippen LogP contribution in [0, 0.1) is 0 Å². The SMILES string of the molecule is CCCC(C)(N)C(=O)NCC1(OC)CCOC1. The molecule has 0 radical (unpaired) electrons. The lowest BCUT2D eigenvalue weighted by atomic mass is 9.95. The van der Waals surface area contributed by atoms with Gasteiger partial charge < -0.3 is 20.5 Å². The molecule has 0 spiro atoms. The molecule has 2 unspecified atom stereocenters. The third kappa shape index (κ3) is 3.66. The van der Waals surface area contributed by atoms with Crippen LogP contribution < -0.4 is 11.1 Å². The van der Waals surface area contributed by atoms with Crippen LogP contribution in [0.2, 0.25) is 0 Å². The van der Waals surface area contributed by atoms with Gasteiger partial charge in [-0.1, -0.05) is 13.3 Å². The Balaban J connectivity index is 2.46. The van der Waals surface area contributed by atoms with Crippen molar-refractivity contribution in [2.24, 2.45) is 5.73 Å². The molecule has 0 aromatic carbocycles. The van der Waals surface area contributed by atoms with Gasteiger partial charge in [-0.2, -0.15) is 0 Å². The molecule has 0 aromatic rings. The lowest BCUT2D eigenvalue weighted by Gasteiger charge is -2.29. The van der Waals surface area contributed by atoms with Crippen molar-refractivity contribution in [3.05, 3.63) is 0 Å². The van der Waals surface area contributed by atoms with Crippen molar-refractivity contribution in [1.82, 2.24) is 5.32 Å². The first-order valence-electron chi connectivity index (χ1n) is 6.16. The van der Waals surface area contributed by atoms with Gasteiger partial charge in [0.25, 0.3) is 0 Å². The molecule has 1 amide bonds. The summed E-state index contributed by atoms with van der Waals surface area (Å²) < 4.78 is 10.8. The van der Waals surface area contributed by atoms with E-state index >= 15 is 0 Å². The largest absolute Gasteiger partial charge is 0.378 e. The van der Waals surface area contributed by atoms with Gasteiger partial charge in [0.2, 0.25) is 5.91 Å². The van der Waals surface area contributed by atoms with E-state index in [0.29, 0.717) is 26.2 Å². The quantitative estimate of drug-likeness (QED) is 0.710. The second-order valence-electron chi connectivity index (χ2n) is 5.04. The lowest BCUT2D eigenvalue weighted by molar-refractivity contribution is -0.127. The van der Waals surface area contributed by atoms with Gasteiger partial charge in [0.1, 0.15) is 5.60 Å². The number of methoxy groups -OCH3 is 1. The molecule has 0 bridgehead atoms. The normalized spacial score (nSPS) is 27.8. The molecular weight excluding hydrogens is 220 g/mol. The lowest BCUT2D eigenvalue weighted by Crippen LogP contribution is -2.55. The van der Waals surface area contributed by atoms with E-state index in [-0.39, 0.29) is 11.5 Å². The monoisotopic (exact) mass is 244 g/mol. The molecule has 0 saturated carbocycles.